The Labute approximate surface area is 174 Å². The van der Waals surface area contributed by atoms with Gasteiger partial charge in [0.05, 0.1) is 4.90 Å². The van der Waals surface area contributed by atoms with Crippen molar-refractivity contribution in [2.45, 2.75) is 30.6 Å². The molecule has 0 saturated heterocycles. The summed E-state index contributed by atoms with van der Waals surface area (Å²) in [7, 11) is -3.85. The van der Waals surface area contributed by atoms with Crippen LogP contribution in [0.1, 0.15) is 16.7 Å². The zero-order chi connectivity index (χ0) is 20.5. The van der Waals surface area contributed by atoms with E-state index < -0.39 is 22.1 Å². The molecule has 0 radical (unpaired) electrons. The summed E-state index contributed by atoms with van der Waals surface area (Å²) in [6.45, 7) is -0.231. The largest absolute Gasteiger partial charge is 0.471 e. The molecule has 0 fully saturated rings. The zero-order valence-corrected chi connectivity index (χ0v) is 17.4. The maximum atomic E-state index is 12.7. The van der Waals surface area contributed by atoms with Gasteiger partial charge in [-0.3, -0.25) is 4.79 Å². The Kier molecular flexibility index (Phi) is 6.01. The molecule has 0 atom stereocenters. The van der Waals surface area contributed by atoms with Crippen LogP contribution < -0.4 is 4.72 Å². The monoisotopic (exact) mass is 524 g/mol. The molecule has 5 nitrogen and oxygen atoms in total. The predicted octanol–water partition coefficient (Wildman–Crippen LogP) is 3.22. The number of amides is 1. The number of nitrogens with one attached hydrogen (secondary N) is 1. The first-order valence-corrected chi connectivity index (χ1v) is 10.8. The van der Waals surface area contributed by atoms with E-state index in [9.17, 15) is 26.4 Å². The Morgan fingerprint density at radius 2 is 1.89 bits per heavy atom. The SMILES string of the molecule is O=C(N1CCc2ccc(S(=O)(=O)NCc3cccc(I)c3)cc2C1)C(F)(F)F. The molecule has 1 aliphatic rings. The van der Waals surface area contributed by atoms with Crippen molar-refractivity contribution in [1.29, 1.82) is 0 Å². The van der Waals surface area contributed by atoms with Gasteiger partial charge in [-0.25, -0.2) is 13.1 Å². The van der Waals surface area contributed by atoms with Gasteiger partial charge in [0.15, 0.2) is 0 Å². The fourth-order valence-electron chi connectivity index (χ4n) is 2.96. The minimum Gasteiger partial charge on any atom is -0.330 e. The number of alkyl halides is 3. The van der Waals surface area contributed by atoms with E-state index in [2.05, 4.69) is 27.3 Å². The molecular formula is C18H16F3IN2O3S. The molecule has 0 saturated carbocycles. The predicted molar refractivity (Wildman–Crippen MR) is 105 cm³/mol. The Bertz CT molecular complexity index is 1010. The molecule has 0 aliphatic carbocycles. The molecule has 0 spiro atoms. The molecule has 1 amide bonds. The molecule has 1 heterocycles. The molecule has 2 aromatic carbocycles. The van der Waals surface area contributed by atoms with Crippen LogP contribution in [0.4, 0.5) is 13.2 Å². The first kappa shape index (κ1) is 21.1. The molecule has 2 aromatic rings. The van der Waals surface area contributed by atoms with Gasteiger partial charge in [0.25, 0.3) is 0 Å². The van der Waals surface area contributed by atoms with Crippen molar-refractivity contribution in [2.24, 2.45) is 0 Å². The number of benzene rings is 2. The molecular weight excluding hydrogens is 508 g/mol. The highest BCUT2D eigenvalue weighted by Crippen LogP contribution is 2.26. The Balaban J connectivity index is 1.78. The standard InChI is InChI=1S/C18H16F3IN2O3S/c19-18(20,21)17(25)24-7-6-13-4-5-16(9-14(13)11-24)28(26,27)23-10-12-2-1-3-15(22)8-12/h1-5,8-9,23H,6-7,10-11H2. The first-order valence-electron chi connectivity index (χ1n) is 8.28. The summed E-state index contributed by atoms with van der Waals surface area (Å²) in [6.07, 6.45) is -4.71. The first-order chi connectivity index (χ1) is 13.1. The van der Waals surface area contributed by atoms with Crippen LogP contribution in [0.3, 0.4) is 0 Å². The van der Waals surface area contributed by atoms with E-state index in [4.69, 9.17) is 0 Å². The van der Waals surface area contributed by atoms with Crippen molar-refractivity contribution in [1.82, 2.24) is 9.62 Å². The lowest BCUT2D eigenvalue weighted by molar-refractivity contribution is -0.186. The summed E-state index contributed by atoms with van der Waals surface area (Å²) < 4.78 is 66.6. The van der Waals surface area contributed by atoms with Gasteiger partial charge in [-0.2, -0.15) is 13.2 Å². The van der Waals surface area contributed by atoms with E-state index in [1.807, 2.05) is 18.2 Å². The van der Waals surface area contributed by atoms with Crippen molar-refractivity contribution in [3.63, 3.8) is 0 Å². The second-order valence-electron chi connectivity index (χ2n) is 6.36. The highest BCUT2D eigenvalue weighted by atomic mass is 127. The molecule has 0 unspecified atom stereocenters. The van der Waals surface area contributed by atoms with Crippen LogP contribution >= 0.6 is 22.6 Å². The summed E-state index contributed by atoms with van der Waals surface area (Å²) in [4.78, 5) is 12.1. The Morgan fingerprint density at radius 1 is 1.14 bits per heavy atom. The third kappa shape index (κ3) is 4.84. The second kappa shape index (κ2) is 7.99. The molecule has 0 bridgehead atoms. The third-order valence-corrected chi connectivity index (χ3v) is 6.46. The number of sulfonamides is 1. The Morgan fingerprint density at radius 3 is 2.57 bits per heavy atom. The van der Waals surface area contributed by atoms with Crippen LogP contribution in [-0.4, -0.2) is 31.9 Å². The molecule has 1 N–H and O–H groups in total. The van der Waals surface area contributed by atoms with Crippen LogP contribution in [0.15, 0.2) is 47.4 Å². The fraction of sp³-hybridized carbons (Fsp3) is 0.278. The quantitative estimate of drug-likeness (QED) is 0.626. The maximum Gasteiger partial charge on any atom is 0.471 e. The molecule has 28 heavy (non-hydrogen) atoms. The van der Waals surface area contributed by atoms with Crippen molar-refractivity contribution >= 4 is 38.5 Å². The lowest BCUT2D eigenvalue weighted by Crippen LogP contribution is -2.43. The van der Waals surface area contributed by atoms with Gasteiger partial charge in [0.2, 0.25) is 10.0 Å². The minimum atomic E-state index is -4.95. The lowest BCUT2D eigenvalue weighted by atomic mass is 10.00. The van der Waals surface area contributed by atoms with E-state index in [1.165, 1.54) is 12.1 Å². The van der Waals surface area contributed by atoms with Gasteiger partial charge >= 0.3 is 12.1 Å². The number of carbonyl (C=O) groups is 1. The minimum absolute atomic E-state index is 0.0433. The molecule has 3 rings (SSSR count). The third-order valence-electron chi connectivity index (χ3n) is 4.39. The fourth-order valence-corrected chi connectivity index (χ4v) is 4.64. The summed E-state index contributed by atoms with van der Waals surface area (Å²) in [5, 5.41) is 0. The lowest BCUT2D eigenvalue weighted by Gasteiger charge is -2.29. The summed E-state index contributed by atoms with van der Waals surface area (Å²) >= 11 is 2.12. The number of hydrogen-bond donors (Lipinski definition) is 1. The van der Waals surface area contributed by atoms with Crippen molar-refractivity contribution < 1.29 is 26.4 Å². The molecule has 150 valence electrons. The zero-order valence-electron chi connectivity index (χ0n) is 14.5. The van der Waals surface area contributed by atoms with Gasteiger partial charge in [0, 0.05) is 23.2 Å². The number of fused-ring (bicyclic) bond motifs is 1. The number of hydrogen-bond acceptors (Lipinski definition) is 3. The van der Waals surface area contributed by atoms with Crippen molar-refractivity contribution in [3.05, 3.63) is 62.7 Å². The van der Waals surface area contributed by atoms with Gasteiger partial charge in [-0.1, -0.05) is 18.2 Å². The van der Waals surface area contributed by atoms with Gasteiger partial charge in [-0.05, 0) is 70.0 Å². The number of halogens is 4. The van der Waals surface area contributed by atoms with Crippen LogP contribution in [0.25, 0.3) is 0 Å². The van der Waals surface area contributed by atoms with Crippen molar-refractivity contribution in [2.75, 3.05) is 6.54 Å². The number of carbonyl (C=O) groups excluding carboxylic acids is 1. The number of nitrogens with zero attached hydrogens (tertiary/aromatic N) is 1. The van der Waals surface area contributed by atoms with Gasteiger partial charge in [0.1, 0.15) is 0 Å². The van der Waals surface area contributed by atoms with Gasteiger partial charge in [-0.15, -0.1) is 0 Å². The second-order valence-corrected chi connectivity index (χ2v) is 9.37. The highest BCUT2D eigenvalue weighted by molar-refractivity contribution is 14.1. The molecule has 1 aliphatic heterocycles. The van der Waals surface area contributed by atoms with Crippen LogP contribution in [-0.2, 0) is 34.3 Å². The normalized spacial score (nSPS) is 14.6. The van der Waals surface area contributed by atoms with E-state index in [0.717, 1.165) is 14.7 Å². The van der Waals surface area contributed by atoms with E-state index in [0.29, 0.717) is 10.5 Å². The summed E-state index contributed by atoms with van der Waals surface area (Å²) in [5.41, 5.74) is 1.93. The van der Waals surface area contributed by atoms with Gasteiger partial charge < -0.3 is 4.90 Å². The Hall–Kier alpha value is -1.66. The average molecular weight is 524 g/mol. The van der Waals surface area contributed by atoms with Crippen LogP contribution in [0.2, 0.25) is 0 Å². The van der Waals surface area contributed by atoms with E-state index in [1.54, 1.807) is 12.1 Å². The van der Waals surface area contributed by atoms with E-state index in [-0.39, 0.29) is 31.0 Å². The summed E-state index contributed by atoms with van der Waals surface area (Å²) in [5.74, 6) is -1.91. The summed E-state index contributed by atoms with van der Waals surface area (Å²) in [6, 6.07) is 11.7. The highest BCUT2D eigenvalue weighted by Gasteiger charge is 2.43. The smallest absolute Gasteiger partial charge is 0.330 e. The van der Waals surface area contributed by atoms with Crippen molar-refractivity contribution in [3.8, 4) is 0 Å². The van der Waals surface area contributed by atoms with Crippen LogP contribution in [0.5, 0.6) is 0 Å². The molecule has 10 heteroatoms. The topological polar surface area (TPSA) is 66.5 Å². The maximum absolute atomic E-state index is 12.7. The number of rotatable bonds is 4. The molecule has 0 aromatic heterocycles. The average Bonchev–Trinajstić information content (AvgIpc) is 2.64. The van der Waals surface area contributed by atoms with Crippen LogP contribution in [0, 0.1) is 3.57 Å². The van der Waals surface area contributed by atoms with E-state index >= 15 is 0 Å².